The fourth-order valence-corrected chi connectivity index (χ4v) is 7.38. The first-order valence-corrected chi connectivity index (χ1v) is 15.9. The zero-order valence-corrected chi connectivity index (χ0v) is 26.6. The van der Waals surface area contributed by atoms with Gasteiger partial charge in [0.25, 0.3) is 0 Å². The van der Waals surface area contributed by atoms with Gasteiger partial charge in [-0.15, -0.1) is 0 Å². The molecule has 9 atom stereocenters. The average Bonchev–Trinajstić information content (AvgIpc) is 3.03. The smallest absolute Gasteiger partial charge is 0.316 e. The normalized spacial score (nSPS) is 33.5. The lowest BCUT2D eigenvalue weighted by Crippen LogP contribution is -2.48. The minimum atomic E-state index is -1.74. The zero-order chi connectivity index (χ0) is 33.9. The van der Waals surface area contributed by atoms with Crippen LogP contribution >= 0.6 is 0 Å². The van der Waals surface area contributed by atoms with Crippen molar-refractivity contribution in [3.05, 3.63) is 51.6 Å². The van der Waals surface area contributed by atoms with E-state index < -0.39 is 93.9 Å². The molecule has 6 unspecified atom stereocenters. The van der Waals surface area contributed by atoms with Crippen LogP contribution < -0.4 is 0 Å². The molecule has 2 aliphatic carbocycles. The molecule has 0 bridgehead atoms. The van der Waals surface area contributed by atoms with E-state index in [1.165, 1.54) is 6.07 Å². The third kappa shape index (κ3) is 5.58. The first kappa shape index (κ1) is 33.3. The van der Waals surface area contributed by atoms with E-state index in [1.807, 2.05) is 6.92 Å². The van der Waals surface area contributed by atoms with E-state index in [4.69, 9.17) is 23.7 Å². The van der Waals surface area contributed by atoms with Crippen LogP contribution in [0.15, 0.2) is 18.2 Å². The topological polar surface area (TPSA) is 199 Å². The first-order valence-electron chi connectivity index (χ1n) is 15.9. The molecule has 0 radical (unpaired) electrons. The zero-order valence-electron chi connectivity index (χ0n) is 26.6. The van der Waals surface area contributed by atoms with Gasteiger partial charge >= 0.3 is 5.97 Å². The number of rotatable bonds is 6. The molecule has 5 N–H and O–H groups in total. The number of esters is 1. The molecule has 254 valence electrons. The quantitative estimate of drug-likeness (QED) is 0.192. The highest BCUT2D eigenvalue weighted by Gasteiger charge is 2.53. The Balaban J connectivity index is 1.35. The minimum absolute atomic E-state index is 0.0132. The molecule has 0 aromatic heterocycles. The molecule has 2 heterocycles. The van der Waals surface area contributed by atoms with Gasteiger partial charge in [-0.05, 0) is 56.9 Å². The Morgan fingerprint density at radius 3 is 2.15 bits per heavy atom. The maximum absolute atomic E-state index is 13.7. The number of methoxy groups -OCH3 is 1. The predicted molar refractivity (Wildman–Crippen MR) is 161 cm³/mol. The number of benzene rings is 2. The number of ether oxygens (including phenoxy) is 5. The molecule has 2 aromatic carbocycles. The van der Waals surface area contributed by atoms with Crippen molar-refractivity contribution in [1.29, 1.82) is 0 Å². The van der Waals surface area contributed by atoms with Crippen LogP contribution in [0.2, 0.25) is 0 Å². The maximum atomic E-state index is 13.7. The summed E-state index contributed by atoms with van der Waals surface area (Å²) in [7, 11) is 1.15. The van der Waals surface area contributed by atoms with Crippen LogP contribution in [0.4, 0.5) is 0 Å². The fourth-order valence-electron chi connectivity index (χ4n) is 7.38. The molecule has 2 fully saturated rings. The van der Waals surface area contributed by atoms with Gasteiger partial charge in [0.1, 0.15) is 23.2 Å². The van der Waals surface area contributed by atoms with Crippen molar-refractivity contribution in [2.45, 2.75) is 114 Å². The van der Waals surface area contributed by atoms with Crippen LogP contribution in [-0.2, 0) is 28.5 Å². The standard InChI is InChI=1S/C34H40O13/c1-5-34(42)13-22(47-24-11-9-21(15(3)45-24)46-23-10-8-18(35)14(2)44-23)25-16(29(34)33(41)43-4)12-17-26(31(25)39)32(40)28-20(37)7-6-19(36)27(28)30(17)38/h6-7,12,14-15,18,21-24,29,35-37,39,42H,5,8-11,13H2,1-4H3/t14?,15?,18?,21?,22-,23?,24?,29-,34+/m0/s1. The Bertz CT molecular complexity index is 1600. The molecule has 0 spiro atoms. The number of carbonyl (C=O) groups excluding carboxylic acids is 3. The molecule has 2 saturated heterocycles. The molecule has 13 heteroatoms. The van der Waals surface area contributed by atoms with Crippen LogP contribution in [0.3, 0.4) is 0 Å². The second kappa shape index (κ2) is 12.5. The molecule has 4 aliphatic rings. The number of ketones is 2. The maximum Gasteiger partial charge on any atom is 0.316 e. The van der Waals surface area contributed by atoms with Crippen molar-refractivity contribution in [1.82, 2.24) is 0 Å². The lowest BCUT2D eigenvalue weighted by molar-refractivity contribution is -0.289. The third-order valence-electron chi connectivity index (χ3n) is 10.0. The Kier molecular flexibility index (Phi) is 8.83. The van der Waals surface area contributed by atoms with Gasteiger partial charge in [0.2, 0.25) is 5.78 Å². The Morgan fingerprint density at radius 1 is 0.915 bits per heavy atom. The largest absolute Gasteiger partial charge is 0.507 e. The summed E-state index contributed by atoms with van der Waals surface area (Å²) in [6.07, 6.45) is -2.23. The monoisotopic (exact) mass is 656 g/mol. The molecule has 47 heavy (non-hydrogen) atoms. The second-order valence-corrected chi connectivity index (χ2v) is 12.8. The van der Waals surface area contributed by atoms with E-state index in [2.05, 4.69) is 0 Å². The van der Waals surface area contributed by atoms with E-state index in [-0.39, 0.29) is 41.7 Å². The Morgan fingerprint density at radius 2 is 1.53 bits per heavy atom. The van der Waals surface area contributed by atoms with Crippen molar-refractivity contribution in [2.24, 2.45) is 0 Å². The van der Waals surface area contributed by atoms with E-state index in [9.17, 15) is 39.9 Å². The van der Waals surface area contributed by atoms with Crippen molar-refractivity contribution in [2.75, 3.05) is 7.11 Å². The lowest BCUT2D eigenvalue weighted by atomic mass is 9.67. The number of hydrogen-bond donors (Lipinski definition) is 5. The van der Waals surface area contributed by atoms with Crippen LogP contribution in [0.5, 0.6) is 17.2 Å². The molecule has 2 aliphatic heterocycles. The number of aromatic hydroxyl groups is 3. The molecular formula is C34H40O13. The highest BCUT2D eigenvalue weighted by molar-refractivity contribution is 6.31. The van der Waals surface area contributed by atoms with Crippen molar-refractivity contribution >= 4 is 17.5 Å². The van der Waals surface area contributed by atoms with Crippen LogP contribution in [0.1, 0.15) is 114 Å². The van der Waals surface area contributed by atoms with Gasteiger partial charge in [0.15, 0.2) is 18.4 Å². The molecule has 6 rings (SSSR count). The summed E-state index contributed by atoms with van der Waals surface area (Å²) in [4.78, 5) is 40.6. The molecule has 2 aromatic rings. The molecule has 0 saturated carbocycles. The predicted octanol–water partition coefficient (Wildman–Crippen LogP) is 3.23. The highest BCUT2D eigenvalue weighted by atomic mass is 16.7. The van der Waals surface area contributed by atoms with Gasteiger partial charge in [-0.2, -0.15) is 0 Å². The van der Waals surface area contributed by atoms with Crippen molar-refractivity contribution < 1.29 is 63.6 Å². The van der Waals surface area contributed by atoms with Gasteiger partial charge in [0, 0.05) is 30.4 Å². The van der Waals surface area contributed by atoms with Crippen LogP contribution in [-0.4, -0.2) is 92.8 Å². The number of phenolic OH excluding ortho intramolecular Hbond substituents is 3. The van der Waals surface area contributed by atoms with Crippen LogP contribution in [0, 0.1) is 0 Å². The van der Waals surface area contributed by atoms with Crippen molar-refractivity contribution in [3.8, 4) is 17.2 Å². The number of fused-ring (bicyclic) bond motifs is 3. The van der Waals surface area contributed by atoms with Gasteiger partial charge in [0.05, 0.1) is 59.9 Å². The molecule has 0 amide bonds. The summed E-state index contributed by atoms with van der Waals surface area (Å²) in [5.41, 5.74) is -3.30. The van der Waals surface area contributed by atoms with E-state index in [0.29, 0.717) is 25.7 Å². The number of aliphatic hydroxyl groups is 2. The minimum Gasteiger partial charge on any atom is -0.507 e. The summed E-state index contributed by atoms with van der Waals surface area (Å²) in [5, 5.41) is 54.5. The van der Waals surface area contributed by atoms with Crippen LogP contribution in [0.25, 0.3) is 0 Å². The number of carbonyl (C=O) groups is 3. The van der Waals surface area contributed by atoms with E-state index in [0.717, 1.165) is 19.2 Å². The third-order valence-corrected chi connectivity index (χ3v) is 10.0. The molecular weight excluding hydrogens is 616 g/mol. The van der Waals surface area contributed by atoms with Crippen molar-refractivity contribution in [3.63, 3.8) is 0 Å². The first-order chi connectivity index (χ1) is 22.3. The van der Waals surface area contributed by atoms with Gasteiger partial charge in [-0.3, -0.25) is 14.4 Å². The van der Waals surface area contributed by atoms with E-state index in [1.54, 1.807) is 13.8 Å². The van der Waals surface area contributed by atoms with Gasteiger partial charge in [-0.1, -0.05) is 6.92 Å². The number of hydrogen-bond acceptors (Lipinski definition) is 13. The average molecular weight is 657 g/mol. The Hall–Kier alpha value is -3.59. The summed E-state index contributed by atoms with van der Waals surface area (Å²) < 4.78 is 29.6. The SMILES string of the molecule is CC[C@@]1(O)C[C@H](OC2CCC(OC3CCC(O)C(C)O3)C(C)O2)c2c(cc3c(c2O)C(=O)c2c(O)ccc(O)c2C3=O)[C@H]1C(=O)OC. The number of aliphatic hydroxyl groups excluding tert-OH is 1. The lowest BCUT2D eigenvalue weighted by Gasteiger charge is -2.45. The van der Waals surface area contributed by atoms with Gasteiger partial charge < -0.3 is 49.2 Å². The van der Waals surface area contributed by atoms with Gasteiger partial charge in [-0.25, -0.2) is 0 Å². The van der Waals surface area contributed by atoms with E-state index >= 15 is 0 Å². The summed E-state index contributed by atoms with van der Waals surface area (Å²) in [5.74, 6) is -5.66. The highest BCUT2D eigenvalue weighted by Crippen LogP contribution is 2.54. The molecule has 13 nitrogen and oxygen atoms in total. The Labute approximate surface area is 271 Å². The summed E-state index contributed by atoms with van der Waals surface area (Å²) in [6, 6.07) is 3.40. The summed E-state index contributed by atoms with van der Waals surface area (Å²) >= 11 is 0. The summed E-state index contributed by atoms with van der Waals surface area (Å²) in [6.45, 7) is 5.29. The number of phenols is 3. The second-order valence-electron chi connectivity index (χ2n) is 12.8. The fraction of sp³-hybridized carbons (Fsp3) is 0.559.